The molecule has 2 rings (SSSR count). The van der Waals surface area contributed by atoms with Gasteiger partial charge in [0.2, 0.25) is 0 Å². The second-order valence-electron chi connectivity index (χ2n) is 3.29. The predicted molar refractivity (Wildman–Crippen MR) is 64.3 cm³/mol. The van der Waals surface area contributed by atoms with Crippen LogP contribution in [0.5, 0.6) is 0 Å². The Morgan fingerprint density at radius 2 is 1.81 bits per heavy atom. The van der Waals surface area contributed by atoms with Crippen molar-refractivity contribution in [3.05, 3.63) is 58.3 Å². The molecule has 78 valence electrons. The topological polar surface area (TPSA) is 23.8 Å². The van der Waals surface area contributed by atoms with Crippen molar-refractivity contribution in [2.24, 2.45) is 0 Å². The first-order chi connectivity index (χ1) is 7.72. The summed E-state index contributed by atoms with van der Waals surface area (Å²) in [5.74, 6) is -0.357. The zero-order valence-corrected chi connectivity index (χ0v) is 9.83. The average molecular weight is 276 g/mol. The molecule has 0 aromatic heterocycles. The summed E-state index contributed by atoms with van der Waals surface area (Å²) in [7, 11) is 0. The maximum absolute atomic E-state index is 13.3. The van der Waals surface area contributed by atoms with E-state index >= 15 is 0 Å². The van der Waals surface area contributed by atoms with Gasteiger partial charge in [-0.15, -0.1) is 0 Å². The van der Waals surface area contributed by atoms with E-state index in [0.717, 1.165) is 5.56 Å². The summed E-state index contributed by atoms with van der Waals surface area (Å²) in [5, 5.41) is 9.05. The molecular formula is C13H7BrFN. The van der Waals surface area contributed by atoms with E-state index in [1.165, 1.54) is 12.1 Å². The van der Waals surface area contributed by atoms with Crippen molar-refractivity contribution < 1.29 is 4.39 Å². The van der Waals surface area contributed by atoms with Crippen LogP contribution in [0.3, 0.4) is 0 Å². The third-order valence-electron chi connectivity index (χ3n) is 2.25. The molecule has 0 saturated heterocycles. The highest BCUT2D eigenvalue weighted by molar-refractivity contribution is 9.10. The minimum Gasteiger partial charge on any atom is -0.207 e. The maximum Gasteiger partial charge on any atom is 0.125 e. The van der Waals surface area contributed by atoms with E-state index in [-0.39, 0.29) is 5.82 Å². The second kappa shape index (κ2) is 4.46. The highest BCUT2D eigenvalue weighted by Crippen LogP contribution is 2.29. The van der Waals surface area contributed by atoms with Gasteiger partial charge in [0.25, 0.3) is 0 Å². The molecule has 2 aromatic carbocycles. The Kier molecular flexibility index (Phi) is 3.02. The molecule has 0 aliphatic carbocycles. The zero-order chi connectivity index (χ0) is 11.5. The lowest BCUT2D eigenvalue weighted by atomic mass is 10.0. The molecule has 0 atom stereocenters. The van der Waals surface area contributed by atoms with Gasteiger partial charge in [-0.2, -0.15) is 5.26 Å². The number of benzene rings is 2. The van der Waals surface area contributed by atoms with Crippen LogP contribution >= 0.6 is 15.9 Å². The van der Waals surface area contributed by atoms with Crippen LogP contribution in [-0.4, -0.2) is 0 Å². The monoisotopic (exact) mass is 275 g/mol. The van der Waals surface area contributed by atoms with Gasteiger partial charge >= 0.3 is 0 Å². The molecule has 0 saturated carbocycles. The Morgan fingerprint density at radius 3 is 2.44 bits per heavy atom. The lowest BCUT2D eigenvalue weighted by Gasteiger charge is -2.06. The van der Waals surface area contributed by atoms with Gasteiger partial charge in [-0.3, -0.25) is 0 Å². The van der Waals surface area contributed by atoms with Crippen molar-refractivity contribution in [3.8, 4) is 17.2 Å². The fraction of sp³-hybridized carbons (Fsp3) is 0. The van der Waals surface area contributed by atoms with Crippen LogP contribution in [0.25, 0.3) is 11.1 Å². The maximum atomic E-state index is 13.3. The summed E-state index contributed by atoms with van der Waals surface area (Å²) in [6.45, 7) is 0. The molecule has 0 radical (unpaired) electrons. The van der Waals surface area contributed by atoms with Gasteiger partial charge in [0.05, 0.1) is 5.56 Å². The highest BCUT2D eigenvalue weighted by Gasteiger charge is 2.10. The Hall–Kier alpha value is -1.66. The quantitative estimate of drug-likeness (QED) is 0.768. The fourth-order valence-electron chi connectivity index (χ4n) is 1.53. The van der Waals surface area contributed by atoms with E-state index in [1.807, 2.05) is 30.3 Å². The molecule has 2 aromatic rings. The van der Waals surface area contributed by atoms with Gasteiger partial charge in [0.15, 0.2) is 0 Å². The zero-order valence-electron chi connectivity index (χ0n) is 8.24. The van der Waals surface area contributed by atoms with E-state index in [4.69, 9.17) is 5.26 Å². The van der Waals surface area contributed by atoms with E-state index in [0.29, 0.717) is 15.6 Å². The summed E-state index contributed by atoms with van der Waals surface area (Å²) in [4.78, 5) is 0. The molecular weight excluding hydrogens is 269 g/mol. The van der Waals surface area contributed by atoms with Crippen LogP contribution in [0, 0.1) is 17.1 Å². The van der Waals surface area contributed by atoms with Crippen molar-refractivity contribution >= 4 is 15.9 Å². The van der Waals surface area contributed by atoms with Crippen molar-refractivity contribution in [3.63, 3.8) is 0 Å². The fourth-order valence-corrected chi connectivity index (χ4v) is 2.05. The summed E-state index contributed by atoms with van der Waals surface area (Å²) in [5.41, 5.74) is 1.89. The third kappa shape index (κ3) is 1.98. The predicted octanol–water partition coefficient (Wildman–Crippen LogP) is 4.13. The lowest BCUT2D eigenvalue weighted by molar-refractivity contribution is 0.627. The van der Waals surface area contributed by atoms with Crippen molar-refractivity contribution in [2.45, 2.75) is 0 Å². The smallest absolute Gasteiger partial charge is 0.125 e. The summed E-state index contributed by atoms with van der Waals surface area (Å²) in [6, 6.07) is 14.0. The normalized spacial score (nSPS) is 9.81. The summed E-state index contributed by atoms with van der Waals surface area (Å²) in [6.07, 6.45) is 0. The molecule has 0 spiro atoms. The summed E-state index contributed by atoms with van der Waals surface area (Å²) < 4.78 is 13.8. The molecule has 0 bridgehead atoms. The van der Waals surface area contributed by atoms with Gasteiger partial charge in [-0.05, 0) is 33.6 Å². The standard InChI is InChI=1S/C13H7BrFN/c14-13-7-10(15)6-11(12(13)8-16)9-4-2-1-3-5-9/h1-7H. The number of halogens is 2. The highest BCUT2D eigenvalue weighted by atomic mass is 79.9. The van der Waals surface area contributed by atoms with E-state index < -0.39 is 0 Å². The molecule has 0 aliphatic rings. The van der Waals surface area contributed by atoms with E-state index in [9.17, 15) is 4.39 Å². The first-order valence-electron chi connectivity index (χ1n) is 4.67. The number of hydrogen-bond acceptors (Lipinski definition) is 1. The van der Waals surface area contributed by atoms with Crippen LogP contribution in [0.2, 0.25) is 0 Å². The molecule has 3 heteroatoms. The molecule has 0 heterocycles. The molecule has 0 fully saturated rings. The number of nitrogens with zero attached hydrogens (tertiary/aromatic N) is 1. The minimum atomic E-state index is -0.357. The first kappa shape index (κ1) is 10.8. The van der Waals surface area contributed by atoms with Gasteiger partial charge < -0.3 is 0 Å². The largest absolute Gasteiger partial charge is 0.207 e. The molecule has 0 unspecified atom stereocenters. The third-order valence-corrected chi connectivity index (χ3v) is 2.88. The van der Waals surface area contributed by atoms with Crippen molar-refractivity contribution in [1.29, 1.82) is 5.26 Å². The van der Waals surface area contributed by atoms with Crippen LogP contribution in [0.1, 0.15) is 5.56 Å². The Morgan fingerprint density at radius 1 is 1.12 bits per heavy atom. The molecule has 0 aliphatic heterocycles. The SMILES string of the molecule is N#Cc1c(Br)cc(F)cc1-c1ccccc1. The van der Waals surface area contributed by atoms with E-state index in [2.05, 4.69) is 22.0 Å². The van der Waals surface area contributed by atoms with Crippen LogP contribution in [0.15, 0.2) is 46.9 Å². The molecule has 16 heavy (non-hydrogen) atoms. The van der Waals surface area contributed by atoms with Gasteiger partial charge in [0, 0.05) is 10.0 Å². The lowest BCUT2D eigenvalue weighted by Crippen LogP contribution is -1.88. The van der Waals surface area contributed by atoms with Crippen molar-refractivity contribution in [2.75, 3.05) is 0 Å². The van der Waals surface area contributed by atoms with Gasteiger partial charge in [0.1, 0.15) is 11.9 Å². The molecule has 1 nitrogen and oxygen atoms in total. The number of nitriles is 1. The number of hydrogen-bond donors (Lipinski definition) is 0. The summed E-state index contributed by atoms with van der Waals surface area (Å²) >= 11 is 3.19. The van der Waals surface area contributed by atoms with Crippen LogP contribution in [-0.2, 0) is 0 Å². The van der Waals surface area contributed by atoms with E-state index in [1.54, 1.807) is 0 Å². The van der Waals surface area contributed by atoms with Crippen molar-refractivity contribution in [1.82, 2.24) is 0 Å². The van der Waals surface area contributed by atoms with Crippen LogP contribution < -0.4 is 0 Å². The van der Waals surface area contributed by atoms with Crippen LogP contribution in [0.4, 0.5) is 4.39 Å². The van der Waals surface area contributed by atoms with Gasteiger partial charge in [-0.1, -0.05) is 30.3 Å². The van der Waals surface area contributed by atoms with Gasteiger partial charge in [-0.25, -0.2) is 4.39 Å². The Balaban J connectivity index is 2.70. The first-order valence-corrected chi connectivity index (χ1v) is 5.46. The Bertz CT molecular complexity index is 558. The molecule has 0 amide bonds. The average Bonchev–Trinajstić information content (AvgIpc) is 2.29. The number of rotatable bonds is 1. The molecule has 0 N–H and O–H groups in total. The second-order valence-corrected chi connectivity index (χ2v) is 4.14. The minimum absolute atomic E-state index is 0.357. The Labute approximate surface area is 101 Å².